The van der Waals surface area contributed by atoms with Crippen LogP contribution < -0.4 is 10.1 Å². The zero-order chi connectivity index (χ0) is 12.7. The van der Waals surface area contributed by atoms with Crippen molar-refractivity contribution in [2.45, 2.75) is 45.9 Å². The average Bonchev–Trinajstić information content (AvgIpc) is 2.31. The second kappa shape index (κ2) is 7.30. The number of hydrogen-bond acceptors (Lipinski definition) is 2. The molecule has 3 nitrogen and oxygen atoms in total. The summed E-state index contributed by atoms with van der Waals surface area (Å²) >= 11 is 0. The zero-order valence-electron chi connectivity index (χ0n) is 11.0. The van der Waals surface area contributed by atoms with Crippen LogP contribution >= 0.6 is 0 Å². The standard InChI is InChI=1S/C14H23NO2/c1-4-13(10-16)15-9-12-7-5-6-8-14(12)17-11(2)3/h5-8,11,13,15-16H,4,9-10H2,1-3H3/p+1/t13-/m0/s1. The number of ether oxygens (including phenoxy) is 1. The van der Waals surface area contributed by atoms with Crippen LogP contribution in [0.5, 0.6) is 5.75 Å². The molecule has 0 aliphatic heterocycles. The number of rotatable bonds is 7. The smallest absolute Gasteiger partial charge is 0.128 e. The van der Waals surface area contributed by atoms with Crippen LogP contribution in [0.1, 0.15) is 32.8 Å². The van der Waals surface area contributed by atoms with Crippen molar-refractivity contribution in [3.8, 4) is 5.75 Å². The lowest BCUT2D eigenvalue weighted by atomic mass is 10.1. The van der Waals surface area contributed by atoms with Gasteiger partial charge in [-0.1, -0.05) is 19.1 Å². The van der Waals surface area contributed by atoms with Gasteiger partial charge in [0.15, 0.2) is 0 Å². The first-order chi connectivity index (χ1) is 8.17. The van der Waals surface area contributed by atoms with Crippen LogP contribution in [0.15, 0.2) is 24.3 Å². The second-order valence-corrected chi connectivity index (χ2v) is 4.57. The van der Waals surface area contributed by atoms with E-state index in [4.69, 9.17) is 9.84 Å². The SMILES string of the molecule is CC[C@@H](CO)[NH2+]Cc1ccccc1OC(C)C. The third kappa shape index (κ3) is 4.75. The number of hydrogen-bond donors (Lipinski definition) is 2. The molecule has 1 atom stereocenters. The average molecular weight is 238 g/mol. The summed E-state index contributed by atoms with van der Waals surface area (Å²) in [5.74, 6) is 0.951. The van der Waals surface area contributed by atoms with Crippen molar-refractivity contribution in [3.05, 3.63) is 29.8 Å². The van der Waals surface area contributed by atoms with Crippen molar-refractivity contribution in [1.29, 1.82) is 0 Å². The quantitative estimate of drug-likeness (QED) is 0.752. The molecular formula is C14H24NO2+. The summed E-state index contributed by atoms with van der Waals surface area (Å²) in [5.41, 5.74) is 1.19. The maximum Gasteiger partial charge on any atom is 0.128 e. The molecule has 0 amide bonds. The van der Waals surface area contributed by atoms with E-state index in [2.05, 4.69) is 18.3 Å². The van der Waals surface area contributed by atoms with E-state index in [1.165, 1.54) is 5.56 Å². The van der Waals surface area contributed by atoms with Gasteiger partial charge in [-0.05, 0) is 32.4 Å². The van der Waals surface area contributed by atoms with Gasteiger partial charge in [-0.15, -0.1) is 0 Å². The maximum atomic E-state index is 9.16. The van der Waals surface area contributed by atoms with Gasteiger partial charge in [0.2, 0.25) is 0 Å². The highest BCUT2D eigenvalue weighted by atomic mass is 16.5. The van der Waals surface area contributed by atoms with Crippen LogP contribution in [0.25, 0.3) is 0 Å². The fourth-order valence-electron chi connectivity index (χ4n) is 1.71. The molecule has 0 bridgehead atoms. The highest BCUT2D eigenvalue weighted by Crippen LogP contribution is 2.18. The molecule has 0 saturated heterocycles. The molecule has 3 heteroatoms. The monoisotopic (exact) mass is 238 g/mol. The number of aliphatic hydroxyl groups is 1. The van der Waals surface area contributed by atoms with Crippen LogP contribution in [0, 0.1) is 0 Å². The van der Waals surface area contributed by atoms with Crippen molar-refractivity contribution < 1.29 is 15.2 Å². The van der Waals surface area contributed by atoms with E-state index in [1.54, 1.807) is 0 Å². The highest BCUT2D eigenvalue weighted by Gasteiger charge is 2.10. The van der Waals surface area contributed by atoms with Gasteiger partial charge in [-0.3, -0.25) is 0 Å². The molecule has 0 aliphatic carbocycles. The van der Waals surface area contributed by atoms with E-state index >= 15 is 0 Å². The first-order valence-corrected chi connectivity index (χ1v) is 6.36. The van der Waals surface area contributed by atoms with Crippen LogP contribution in [0.4, 0.5) is 0 Å². The molecule has 96 valence electrons. The minimum absolute atomic E-state index is 0.191. The van der Waals surface area contributed by atoms with Crippen LogP contribution in [-0.4, -0.2) is 23.9 Å². The Balaban J connectivity index is 2.63. The van der Waals surface area contributed by atoms with Crippen molar-refractivity contribution >= 4 is 0 Å². The fourth-order valence-corrected chi connectivity index (χ4v) is 1.71. The summed E-state index contributed by atoms with van der Waals surface area (Å²) < 4.78 is 5.76. The van der Waals surface area contributed by atoms with Crippen molar-refractivity contribution in [2.75, 3.05) is 6.61 Å². The van der Waals surface area contributed by atoms with Gasteiger partial charge in [0.1, 0.15) is 18.3 Å². The van der Waals surface area contributed by atoms with Gasteiger partial charge in [-0.25, -0.2) is 0 Å². The Hall–Kier alpha value is -1.06. The molecule has 0 saturated carbocycles. The van der Waals surface area contributed by atoms with E-state index in [9.17, 15) is 0 Å². The highest BCUT2D eigenvalue weighted by molar-refractivity contribution is 5.32. The predicted molar refractivity (Wildman–Crippen MR) is 69.0 cm³/mol. The molecule has 0 heterocycles. The summed E-state index contributed by atoms with van der Waals surface area (Å²) in [4.78, 5) is 0. The minimum Gasteiger partial charge on any atom is -0.490 e. The second-order valence-electron chi connectivity index (χ2n) is 4.57. The van der Waals surface area contributed by atoms with Gasteiger partial charge in [-0.2, -0.15) is 0 Å². The first kappa shape index (κ1) is 14.0. The Labute approximate surface area is 104 Å². The van der Waals surface area contributed by atoms with Crippen LogP contribution in [0.2, 0.25) is 0 Å². The third-order valence-corrected chi connectivity index (χ3v) is 2.77. The third-order valence-electron chi connectivity index (χ3n) is 2.77. The molecule has 0 fully saturated rings. The Morgan fingerprint density at radius 2 is 2.00 bits per heavy atom. The zero-order valence-corrected chi connectivity index (χ0v) is 11.0. The van der Waals surface area contributed by atoms with Gasteiger partial charge in [0.05, 0.1) is 12.7 Å². The summed E-state index contributed by atoms with van der Waals surface area (Å²) in [5, 5.41) is 11.3. The lowest BCUT2D eigenvalue weighted by molar-refractivity contribution is -0.706. The minimum atomic E-state index is 0.191. The number of benzene rings is 1. The van der Waals surface area contributed by atoms with Crippen molar-refractivity contribution in [3.63, 3.8) is 0 Å². The Bertz CT molecular complexity index is 322. The molecule has 0 aromatic heterocycles. The van der Waals surface area contributed by atoms with Crippen molar-refractivity contribution in [2.24, 2.45) is 0 Å². The van der Waals surface area contributed by atoms with E-state index < -0.39 is 0 Å². The van der Waals surface area contributed by atoms with Gasteiger partial charge >= 0.3 is 0 Å². The van der Waals surface area contributed by atoms with Crippen LogP contribution in [-0.2, 0) is 6.54 Å². The van der Waals surface area contributed by atoms with Crippen LogP contribution in [0.3, 0.4) is 0 Å². The Morgan fingerprint density at radius 1 is 1.29 bits per heavy atom. The topological polar surface area (TPSA) is 46.1 Å². The van der Waals surface area contributed by atoms with Gasteiger partial charge in [0, 0.05) is 5.56 Å². The lowest BCUT2D eigenvalue weighted by Gasteiger charge is -2.15. The fraction of sp³-hybridized carbons (Fsp3) is 0.571. The molecule has 0 aliphatic rings. The summed E-state index contributed by atoms with van der Waals surface area (Å²) in [6, 6.07) is 8.38. The summed E-state index contributed by atoms with van der Waals surface area (Å²) in [7, 11) is 0. The van der Waals surface area contributed by atoms with E-state index in [1.807, 2.05) is 32.0 Å². The number of nitrogens with two attached hydrogens (primary N) is 1. The summed E-state index contributed by atoms with van der Waals surface area (Å²) in [6.07, 6.45) is 1.17. The number of aliphatic hydroxyl groups excluding tert-OH is 1. The first-order valence-electron chi connectivity index (χ1n) is 6.36. The molecule has 0 unspecified atom stereocenters. The van der Waals surface area contributed by atoms with Gasteiger partial charge in [0.25, 0.3) is 0 Å². The molecule has 1 rings (SSSR count). The number of para-hydroxylation sites is 1. The summed E-state index contributed by atoms with van der Waals surface area (Å²) in [6.45, 7) is 7.23. The molecule has 3 N–H and O–H groups in total. The molecule has 1 aromatic rings. The van der Waals surface area contributed by atoms with Crippen molar-refractivity contribution in [1.82, 2.24) is 0 Å². The molecule has 1 aromatic carbocycles. The molecular weight excluding hydrogens is 214 g/mol. The largest absolute Gasteiger partial charge is 0.490 e. The van der Waals surface area contributed by atoms with Gasteiger partial charge < -0.3 is 15.2 Å². The normalized spacial score (nSPS) is 12.8. The lowest BCUT2D eigenvalue weighted by Crippen LogP contribution is -2.89. The Morgan fingerprint density at radius 3 is 2.59 bits per heavy atom. The molecule has 0 radical (unpaired) electrons. The van der Waals surface area contributed by atoms with E-state index in [-0.39, 0.29) is 18.8 Å². The predicted octanol–water partition coefficient (Wildman–Crippen LogP) is 1.31. The number of quaternary nitrogens is 1. The molecule has 0 spiro atoms. The maximum absolute atomic E-state index is 9.16. The van der Waals surface area contributed by atoms with E-state index in [0.29, 0.717) is 0 Å². The molecule has 17 heavy (non-hydrogen) atoms. The Kier molecular flexibility index (Phi) is 6.01. The van der Waals surface area contributed by atoms with E-state index in [0.717, 1.165) is 18.7 Å².